The Morgan fingerprint density at radius 2 is 1.48 bits per heavy atom. The zero-order valence-corrected chi connectivity index (χ0v) is 17.3. The van der Waals surface area contributed by atoms with Crippen LogP contribution in [0.4, 0.5) is 13.2 Å². The Morgan fingerprint density at radius 3 is 2.14 bits per heavy atom. The van der Waals surface area contributed by atoms with Crippen LogP contribution in [0, 0.1) is 23.4 Å². The lowest BCUT2D eigenvalue weighted by Crippen LogP contribution is -2.16. The van der Waals surface area contributed by atoms with Crippen LogP contribution in [0.25, 0.3) is 0 Å². The normalized spacial score (nSPS) is 24.3. The van der Waals surface area contributed by atoms with E-state index in [2.05, 4.69) is 31.2 Å². The molecule has 1 saturated carbocycles. The summed E-state index contributed by atoms with van der Waals surface area (Å²) < 4.78 is 41.1. The Balaban J connectivity index is 1.40. The third-order valence-electron chi connectivity index (χ3n) is 7.26. The van der Waals surface area contributed by atoms with E-state index in [4.69, 9.17) is 0 Å². The lowest BCUT2D eigenvalue weighted by atomic mass is 9.76. The van der Waals surface area contributed by atoms with Crippen molar-refractivity contribution in [2.75, 3.05) is 0 Å². The van der Waals surface area contributed by atoms with Crippen LogP contribution in [0.15, 0.2) is 30.3 Å². The molecule has 2 aromatic carbocycles. The van der Waals surface area contributed by atoms with E-state index in [-0.39, 0.29) is 5.92 Å². The fraction of sp³-hybridized carbons (Fsp3) is 0.538. The summed E-state index contributed by atoms with van der Waals surface area (Å²) in [6.45, 7) is 2.27. The molecule has 0 amide bonds. The van der Waals surface area contributed by atoms with Crippen molar-refractivity contribution >= 4 is 0 Å². The molecule has 2 aliphatic carbocycles. The SMILES string of the molecule is CCCCC1CCC(c2ccc(C3CCc4c(cc(F)c(F)c4F)C3)cc2)CC1. The quantitative estimate of drug-likeness (QED) is 0.448. The lowest BCUT2D eigenvalue weighted by molar-refractivity contribution is 0.304. The molecule has 1 atom stereocenters. The van der Waals surface area contributed by atoms with E-state index in [0.717, 1.165) is 12.3 Å². The van der Waals surface area contributed by atoms with E-state index in [1.807, 2.05) is 0 Å². The van der Waals surface area contributed by atoms with Crippen molar-refractivity contribution in [2.24, 2.45) is 5.92 Å². The molecule has 156 valence electrons. The molecular weight excluding hydrogens is 369 g/mol. The van der Waals surface area contributed by atoms with E-state index in [0.29, 0.717) is 29.9 Å². The highest BCUT2D eigenvalue weighted by atomic mass is 19.2. The standard InChI is InChI=1S/C26H31F3/c1-2-3-4-17-5-7-18(8-6-17)19-9-11-20(12-10-19)21-13-14-23-22(15-21)16-24(27)26(29)25(23)28/h9-12,16-18,21H,2-8,13-15H2,1H3. The second kappa shape index (κ2) is 8.93. The maximum atomic E-state index is 14.0. The average Bonchev–Trinajstić information content (AvgIpc) is 2.76. The first-order chi connectivity index (χ1) is 14.1. The van der Waals surface area contributed by atoms with Crippen molar-refractivity contribution in [1.82, 2.24) is 0 Å². The minimum atomic E-state index is -1.34. The maximum absolute atomic E-state index is 14.0. The summed E-state index contributed by atoms with van der Waals surface area (Å²) in [5, 5.41) is 0. The van der Waals surface area contributed by atoms with Gasteiger partial charge in [-0.15, -0.1) is 0 Å². The lowest BCUT2D eigenvalue weighted by Gasteiger charge is -2.29. The van der Waals surface area contributed by atoms with Crippen LogP contribution in [-0.4, -0.2) is 0 Å². The second-order valence-electron chi connectivity index (χ2n) is 9.09. The molecule has 0 heterocycles. The summed E-state index contributed by atoms with van der Waals surface area (Å²) in [5.74, 6) is -1.59. The molecule has 4 rings (SSSR count). The second-order valence-corrected chi connectivity index (χ2v) is 9.09. The molecule has 0 nitrogen and oxygen atoms in total. The van der Waals surface area contributed by atoms with Crippen molar-refractivity contribution in [3.8, 4) is 0 Å². The minimum Gasteiger partial charge on any atom is -0.204 e. The molecule has 1 unspecified atom stereocenters. The molecule has 0 N–H and O–H groups in total. The highest BCUT2D eigenvalue weighted by Crippen LogP contribution is 2.39. The maximum Gasteiger partial charge on any atom is 0.194 e. The summed E-state index contributed by atoms with van der Waals surface area (Å²) in [7, 11) is 0. The molecule has 0 aromatic heterocycles. The van der Waals surface area contributed by atoms with Gasteiger partial charge in [0.05, 0.1) is 0 Å². The van der Waals surface area contributed by atoms with Gasteiger partial charge in [0.1, 0.15) is 0 Å². The third-order valence-corrected chi connectivity index (χ3v) is 7.26. The van der Waals surface area contributed by atoms with Gasteiger partial charge in [0, 0.05) is 0 Å². The number of rotatable bonds is 5. The van der Waals surface area contributed by atoms with Crippen LogP contribution in [0.2, 0.25) is 0 Å². The zero-order valence-electron chi connectivity index (χ0n) is 17.3. The van der Waals surface area contributed by atoms with Gasteiger partial charge >= 0.3 is 0 Å². The van der Waals surface area contributed by atoms with Crippen LogP contribution in [0.1, 0.15) is 92.4 Å². The summed E-state index contributed by atoms with van der Waals surface area (Å²) in [6.07, 6.45) is 11.1. The molecule has 1 fully saturated rings. The van der Waals surface area contributed by atoms with Crippen molar-refractivity contribution < 1.29 is 13.2 Å². The first-order valence-corrected chi connectivity index (χ1v) is 11.3. The van der Waals surface area contributed by atoms with Gasteiger partial charge in [0.25, 0.3) is 0 Å². The Morgan fingerprint density at radius 1 is 0.828 bits per heavy atom. The number of hydrogen-bond acceptors (Lipinski definition) is 0. The molecule has 0 saturated heterocycles. The van der Waals surface area contributed by atoms with Crippen LogP contribution in [0.5, 0.6) is 0 Å². The molecule has 0 spiro atoms. The third kappa shape index (κ3) is 4.39. The predicted octanol–water partition coefficient (Wildman–Crippen LogP) is 7.84. The zero-order chi connectivity index (χ0) is 20.4. The van der Waals surface area contributed by atoms with E-state index in [1.54, 1.807) is 0 Å². The summed E-state index contributed by atoms with van der Waals surface area (Å²) >= 11 is 0. The number of halogens is 3. The number of unbranched alkanes of at least 4 members (excludes halogenated alkanes) is 1. The molecule has 0 radical (unpaired) electrons. The van der Waals surface area contributed by atoms with Gasteiger partial charge in [-0.05, 0) is 91.0 Å². The van der Waals surface area contributed by atoms with E-state index >= 15 is 0 Å². The molecule has 0 bridgehead atoms. The fourth-order valence-corrected chi connectivity index (χ4v) is 5.42. The Hall–Kier alpha value is -1.77. The topological polar surface area (TPSA) is 0 Å². The van der Waals surface area contributed by atoms with E-state index in [9.17, 15) is 13.2 Å². The van der Waals surface area contributed by atoms with Gasteiger partial charge < -0.3 is 0 Å². The van der Waals surface area contributed by atoms with Gasteiger partial charge in [-0.3, -0.25) is 0 Å². The van der Waals surface area contributed by atoms with Crippen LogP contribution < -0.4 is 0 Å². The summed E-state index contributed by atoms with van der Waals surface area (Å²) in [5.41, 5.74) is 3.63. The minimum absolute atomic E-state index is 0.241. The number of fused-ring (bicyclic) bond motifs is 1. The first kappa shape index (κ1) is 20.5. The smallest absolute Gasteiger partial charge is 0.194 e. The monoisotopic (exact) mass is 400 g/mol. The van der Waals surface area contributed by atoms with Crippen LogP contribution in [-0.2, 0) is 12.8 Å². The van der Waals surface area contributed by atoms with Gasteiger partial charge in [0.15, 0.2) is 17.5 Å². The van der Waals surface area contributed by atoms with E-state index in [1.165, 1.54) is 62.1 Å². The Bertz CT molecular complexity index is 832. The van der Waals surface area contributed by atoms with Crippen molar-refractivity contribution in [1.29, 1.82) is 0 Å². The number of benzene rings is 2. The predicted molar refractivity (Wildman–Crippen MR) is 112 cm³/mol. The summed E-state index contributed by atoms with van der Waals surface area (Å²) in [4.78, 5) is 0. The molecule has 0 aliphatic heterocycles. The molecular formula is C26H31F3. The highest BCUT2D eigenvalue weighted by molar-refractivity contribution is 5.37. The van der Waals surface area contributed by atoms with Gasteiger partial charge in [-0.1, -0.05) is 50.5 Å². The molecule has 2 aromatic rings. The van der Waals surface area contributed by atoms with Crippen LogP contribution in [0.3, 0.4) is 0 Å². The van der Waals surface area contributed by atoms with Crippen molar-refractivity contribution in [3.63, 3.8) is 0 Å². The number of hydrogen-bond donors (Lipinski definition) is 0. The molecule has 3 heteroatoms. The highest BCUT2D eigenvalue weighted by Gasteiger charge is 2.27. The van der Waals surface area contributed by atoms with Gasteiger partial charge in [0.2, 0.25) is 0 Å². The van der Waals surface area contributed by atoms with Crippen molar-refractivity contribution in [2.45, 2.75) is 83.0 Å². The molecule has 29 heavy (non-hydrogen) atoms. The van der Waals surface area contributed by atoms with Gasteiger partial charge in [-0.25, -0.2) is 13.2 Å². The van der Waals surface area contributed by atoms with E-state index < -0.39 is 17.5 Å². The summed E-state index contributed by atoms with van der Waals surface area (Å²) in [6, 6.07) is 10.1. The molecule has 2 aliphatic rings. The Labute approximate surface area is 172 Å². The fourth-order valence-electron chi connectivity index (χ4n) is 5.42. The van der Waals surface area contributed by atoms with Crippen LogP contribution >= 0.6 is 0 Å². The average molecular weight is 401 g/mol. The first-order valence-electron chi connectivity index (χ1n) is 11.3. The van der Waals surface area contributed by atoms with Gasteiger partial charge in [-0.2, -0.15) is 0 Å². The largest absolute Gasteiger partial charge is 0.204 e. The Kier molecular flexibility index (Phi) is 6.32. The van der Waals surface area contributed by atoms with Crippen molar-refractivity contribution in [3.05, 3.63) is 70.0 Å².